The van der Waals surface area contributed by atoms with E-state index in [0.717, 1.165) is 0 Å². The SMILES string of the molecule is FC(F)(F)c1nc2c(Br)cccc2o1. The highest BCUT2D eigenvalue weighted by Crippen LogP contribution is 2.33. The Hall–Kier alpha value is -1.04. The number of rotatable bonds is 0. The van der Waals surface area contributed by atoms with Gasteiger partial charge >= 0.3 is 12.1 Å². The van der Waals surface area contributed by atoms with Crippen LogP contribution in [0.1, 0.15) is 5.89 Å². The van der Waals surface area contributed by atoms with Gasteiger partial charge in [-0.05, 0) is 28.1 Å². The van der Waals surface area contributed by atoms with Crippen molar-refractivity contribution in [3.05, 3.63) is 28.6 Å². The van der Waals surface area contributed by atoms with Gasteiger partial charge in [0.15, 0.2) is 5.58 Å². The van der Waals surface area contributed by atoms with Gasteiger partial charge in [0.05, 0.1) is 0 Å². The molecule has 1 heterocycles. The third-order valence-corrected chi connectivity index (χ3v) is 2.25. The van der Waals surface area contributed by atoms with Crippen LogP contribution in [0, 0.1) is 0 Å². The fourth-order valence-corrected chi connectivity index (χ4v) is 1.47. The molecule has 0 unspecified atom stereocenters. The number of alkyl halides is 3. The average Bonchev–Trinajstić information content (AvgIpc) is 2.48. The van der Waals surface area contributed by atoms with Crippen molar-refractivity contribution in [3.8, 4) is 0 Å². The van der Waals surface area contributed by atoms with Crippen molar-refractivity contribution in [2.75, 3.05) is 0 Å². The zero-order chi connectivity index (χ0) is 10.3. The summed E-state index contributed by atoms with van der Waals surface area (Å²) in [5.74, 6) is -1.22. The van der Waals surface area contributed by atoms with Crippen LogP contribution in [0.4, 0.5) is 13.2 Å². The molecule has 1 aromatic heterocycles. The maximum absolute atomic E-state index is 12.2. The predicted octanol–water partition coefficient (Wildman–Crippen LogP) is 3.61. The number of aromatic nitrogens is 1. The molecule has 14 heavy (non-hydrogen) atoms. The minimum absolute atomic E-state index is 0.117. The second-order valence-corrected chi connectivity index (χ2v) is 3.46. The first kappa shape index (κ1) is 9.51. The van der Waals surface area contributed by atoms with E-state index >= 15 is 0 Å². The van der Waals surface area contributed by atoms with Crippen LogP contribution in [0.2, 0.25) is 0 Å². The molecule has 0 bridgehead atoms. The molecule has 2 nitrogen and oxygen atoms in total. The molecule has 0 atom stereocenters. The molecule has 0 aliphatic rings. The Morgan fingerprint density at radius 1 is 1.29 bits per heavy atom. The van der Waals surface area contributed by atoms with Crippen LogP contribution in [0.15, 0.2) is 27.1 Å². The number of halogens is 4. The monoisotopic (exact) mass is 265 g/mol. The Bertz CT molecular complexity index is 477. The van der Waals surface area contributed by atoms with Crippen molar-refractivity contribution in [1.29, 1.82) is 0 Å². The topological polar surface area (TPSA) is 26.0 Å². The van der Waals surface area contributed by atoms with Crippen molar-refractivity contribution >= 4 is 27.0 Å². The molecule has 0 aliphatic heterocycles. The first-order chi connectivity index (χ1) is 6.48. The van der Waals surface area contributed by atoms with Crippen molar-refractivity contribution in [2.45, 2.75) is 6.18 Å². The van der Waals surface area contributed by atoms with E-state index in [1.165, 1.54) is 6.07 Å². The van der Waals surface area contributed by atoms with Gasteiger partial charge in [0.1, 0.15) is 5.52 Å². The van der Waals surface area contributed by atoms with Crippen LogP contribution < -0.4 is 0 Å². The molecular formula is C8H3BrF3NO. The largest absolute Gasteiger partial charge is 0.468 e. The number of oxazole rings is 1. The van der Waals surface area contributed by atoms with Crippen LogP contribution in [-0.4, -0.2) is 4.98 Å². The zero-order valence-electron chi connectivity index (χ0n) is 6.60. The predicted molar refractivity (Wildman–Crippen MR) is 46.7 cm³/mol. The molecule has 6 heteroatoms. The van der Waals surface area contributed by atoms with Gasteiger partial charge in [0.25, 0.3) is 0 Å². The average molecular weight is 266 g/mol. The Kier molecular flexibility index (Phi) is 2.02. The lowest BCUT2D eigenvalue weighted by molar-refractivity contribution is -0.156. The van der Waals surface area contributed by atoms with Gasteiger partial charge in [-0.2, -0.15) is 13.2 Å². The van der Waals surface area contributed by atoms with Gasteiger partial charge in [-0.3, -0.25) is 0 Å². The summed E-state index contributed by atoms with van der Waals surface area (Å²) in [4.78, 5) is 3.34. The number of hydrogen-bond acceptors (Lipinski definition) is 2. The number of fused-ring (bicyclic) bond motifs is 1. The van der Waals surface area contributed by atoms with Crippen molar-refractivity contribution in [2.24, 2.45) is 0 Å². The maximum Gasteiger partial charge on any atom is 0.468 e. The number of hydrogen-bond donors (Lipinski definition) is 0. The number of benzene rings is 1. The lowest BCUT2D eigenvalue weighted by Crippen LogP contribution is -2.04. The molecule has 0 aliphatic carbocycles. The molecule has 74 valence electrons. The molecule has 0 saturated carbocycles. The van der Waals surface area contributed by atoms with Crippen molar-refractivity contribution in [1.82, 2.24) is 4.98 Å². The zero-order valence-corrected chi connectivity index (χ0v) is 8.19. The van der Waals surface area contributed by atoms with E-state index in [4.69, 9.17) is 0 Å². The highest BCUT2D eigenvalue weighted by atomic mass is 79.9. The molecular weight excluding hydrogens is 263 g/mol. The minimum Gasteiger partial charge on any atom is -0.433 e. The first-order valence-corrected chi connectivity index (χ1v) is 4.40. The molecule has 1 aromatic carbocycles. The summed E-state index contributed by atoms with van der Waals surface area (Å²) in [6, 6.07) is 4.62. The van der Waals surface area contributed by atoms with Gasteiger partial charge < -0.3 is 4.42 Å². The Morgan fingerprint density at radius 2 is 2.00 bits per heavy atom. The number of para-hydroxylation sites is 1. The quantitative estimate of drug-likeness (QED) is 0.728. The third-order valence-electron chi connectivity index (χ3n) is 1.61. The van der Waals surface area contributed by atoms with Gasteiger partial charge in [-0.1, -0.05) is 6.07 Å². The van der Waals surface area contributed by atoms with Gasteiger partial charge in [0, 0.05) is 4.47 Å². The molecule has 0 radical (unpaired) electrons. The van der Waals surface area contributed by atoms with E-state index in [2.05, 4.69) is 25.3 Å². The summed E-state index contributed by atoms with van der Waals surface area (Å²) in [6.07, 6.45) is -4.54. The summed E-state index contributed by atoms with van der Waals surface area (Å²) >= 11 is 3.09. The van der Waals surface area contributed by atoms with E-state index in [1.54, 1.807) is 12.1 Å². The highest BCUT2D eigenvalue weighted by Gasteiger charge is 2.37. The second-order valence-electron chi connectivity index (χ2n) is 2.60. The molecule has 2 rings (SSSR count). The minimum atomic E-state index is -4.54. The summed E-state index contributed by atoms with van der Waals surface area (Å²) < 4.78 is 41.6. The molecule has 0 fully saturated rings. The summed E-state index contributed by atoms with van der Waals surface area (Å²) in [5, 5.41) is 0. The summed E-state index contributed by atoms with van der Waals surface area (Å²) in [6.45, 7) is 0. The standard InChI is InChI=1S/C8H3BrF3NO/c9-4-2-1-3-5-6(4)13-7(14-5)8(10,11)12/h1-3H. The van der Waals surface area contributed by atoms with Gasteiger partial charge in [-0.15, -0.1) is 0 Å². The number of nitrogens with zero attached hydrogens (tertiary/aromatic N) is 1. The van der Waals surface area contributed by atoms with E-state index < -0.39 is 12.1 Å². The third kappa shape index (κ3) is 1.50. The van der Waals surface area contributed by atoms with Crippen LogP contribution >= 0.6 is 15.9 Å². The second kappa shape index (κ2) is 2.98. The van der Waals surface area contributed by atoms with E-state index in [0.29, 0.717) is 4.47 Å². The lowest BCUT2D eigenvalue weighted by Gasteiger charge is -1.97. The Morgan fingerprint density at radius 3 is 2.57 bits per heavy atom. The summed E-state index contributed by atoms with van der Waals surface area (Å²) in [7, 11) is 0. The van der Waals surface area contributed by atoms with Crippen LogP contribution in [-0.2, 0) is 6.18 Å². The van der Waals surface area contributed by atoms with Crippen molar-refractivity contribution in [3.63, 3.8) is 0 Å². The molecule has 0 saturated heterocycles. The molecule has 0 spiro atoms. The lowest BCUT2D eigenvalue weighted by atomic mass is 10.3. The Balaban J connectivity index is 2.69. The maximum atomic E-state index is 12.2. The smallest absolute Gasteiger partial charge is 0.433 e. The highest BCUT2D eigenvalue weighted by molar-refractivity contribution is 9.10. The van der Waals surface area contributed by atoms with Crippen LogP contribution in [0.5, 0.6) is 0 Å². The summed E-state index contributed by atoms with van der Waals surface area (Å²) in [5.41, 5.74) is 0.298. The van der Waals surface area contributed by atoms with E-state index in [-0.39, 0.29) is 11.1 Å². The van der Waals surface area contributed by atoms with E-state index in [9.17, 15) is 13.2 Å². The van der Waals surface area contributed by atoms with E-state index in [1.807, 2.05) is 0 Å². The first-order valence-electron chi connectivity index (χ1n) is 3.61. The fourth-order valence-electron chi connectivity index (χ4n) is 1.04. The van der Waals surface area contributed by atoms with Gasteiger partial charge in [-0.25, -0.2) is 4.98 Å². The fraction of sp³-hybridized carbons (Fsp3) is 0.125. The molecule has 2 aromatic rings. The van der Waals surface area contributed by atoms with Crippen LogP contribution in [0.25, 0.3) is 11.1 Å². The van der Waals surface area contributed by atoms with Crippen LogP contribution in [0.3, 0.4) is 0 Å². The Labute approximate surface area is 84.9 Å². The molecule has 0 amide bonds. The normalized spacial score (nSPS) is 12.3. The van der Waals surface area contributed by atoms with Gasteiger partial charge in [0.2, 0.25) is 0 Å². The van der Waals surface area contributed by atoms with Crippen molar-refractivity contribution < 1.29 is 17.6 Å². The molecule has 0 N–H and O–H groups in total.